The molecule has 0 atom stereocenters. The van der Waals surface area contributed by atoms with Crippen molar-refractivity contribution in [2.24, 2.45) is 5.73 Å². The Kier molecular flexibility index (Phi) is 3.47. The highest BCUT2D eigenvalue weighted by atomic mass is 35.5. The van der Waals surface area contributed by atoms with E-state index in [1.54, 1.807) is 0 Å². The molecule has 0 saturated carbocycles. The van der Waals surface area contributed by atoms with Crippen molar-refractivity contribution in [3.63, 3.8) is 0 Å². The van der Waals surface area contributed by atoms with Gasteiger partial charge in [-0.15, -0.1) is 0 Å². The number of halogens is 1. The smallest absolute Gasteiger partial charge is 0.329 e. The summed E-state index contributed by atoms with van der Waals surface area (Å²) < 4.78 is 0. The number of primary amides is 1. The molecule has 1 amide bonds. The second-order valence-corrected chi connectivity index (χ2v) is 4.08. The maximum Gasteiger partial charge on any atom is 0.329 e. The molecular weight excluding hydrogens is 250 g/mol. The van der Waals surface area contributed by atoms with Crippen LogP contribution in [0.5, 0.6) is 0 Å². The summed E-state index contributed by atoms with van der Waals surface area (Å²) in [6.07, 6.45) is 0.953. The minimum Gasteiger partial charge on any atom is -0.368 e. The van der Waals surface area contributed by atoms with Crippen molar-refractivity contribution in [3.05, 3.63) is 21.6 Å². The van der Waals surface area contributed by atoms with Crippen LogP contribution in [-0.4, -0.2) is 26.3 Å². The van der Waals surface area contributed by atoms with Crippen LogP contribution in [0.15, 0.2) is 6.20 Å². The summed E-state index contributed by atoms with van der Waals surface area (Å²) >= 11 is 5.53. The van der Waals surface area contributed by atoms with Gasteiger partial charge in [-0.1, -0.05) is 0 Å². The van der Waals surface area contributed by atoms with E-state index in [0.29, 0.717) is 0 Å². The molecule has 0 fully saturated rings. The summed E-state index contributed by atoms with van der Waals surface area (Å²) in [4.78, 5) is 28.3. The van der Waals surface area contributed by atoms with E-state index in [1.165, 1.54) is 13.8 Å². The molecule has 0 saturated heterocycles. The van der Waals surface area contributed by atoms with E-state index in [9.17, 15) is 14.9 Å². The lowest BCUT2D eigenvalue weighted by atomic mass is 10.1. The molecule has 1 rings (SSSR count). The van der Waals surface area contributed by atoms with Crippen LogP contribution in [0.3, 0.4) is 0 Å². The van der Waals surface area contributed by atoms with E-state index in [2.05, 4.69) is 15.3 Å². The van der Waals surface area contributed by atoms with Gasteiger partial charge in [-0.2, -0.15) is 4.98 Å². The summed E-state index contributed by atoms with van der Waals surface area (Å²) in [6.45, 7) is 2.93. The van der Waals surface area contributed by atoms with E-state index in [1.807, 2.05) is 0 Å². The predicted molar refractivity (Wildman–Crippen MR) is 60.6 cm³/mol. The fourth-order valence-electron chi connectivity index (χ4n) is 0.937. The fourth-order valence-corrected chi connectivity index (χ4v) is 1.07. The third-order valence-electron chi connectivity index (χ3n) is 1.98. The number of nitrogens with two attached hydrogens (primary N) is 1. The summed E-state index contributed by atoms with van der Waals surface area (Å²) in [6, 6.07) is 0. The lowest BCUT2D eigenvalue weighted by Gasteiger charge is -2.22. The van der Waals surface area contributed by atoms with Gasteiger partial charge in [0.2, 0.25) is 17.0 Å². The van der Waals surface area contributed by atoms with Crippen molar-refractivity contribution in [2.75, 3.05) is 5.32 Å². The lowest BCUT2D eigenvalue weighted by Crippen LogP contribution is -2.45. The Balaban J connectivity index is 3.17. The molecular formula is C8H10ClN5O3. The molecule has 1 aromatic heterocycles. The molecule has 0 aliphatic carbocycles. The first-order valence-electron chi connectivity index (χ1n) is 4.49. The zero-order valence-electron chi connectivity index (χ0n) is 9.10. The Hall–Kier alpha value is -1.96. The first-order valence-corrected chi connectivity index (χ1v) is 4.87. The Morgan fingerprint density at radius 2 is 2.24 bits per heavy atom. The Bertz CT molecular complexity index is 476. The molecule has 0 spiro atoms. The Morgan fingerprint density at radius 3 is 2.71 bits per heavy atom. The third kappa shape index (κ3) is 3.00. The van der Waals surface area contributed by atoms with Crippen LogP contribution >= 0.6 is 11.6 Å². The van der Waals surface area contributed by atoms with E-state index >= 15 is 0 Å². The maximum absolute atomic E-state index is 11.1. The molecule has 0 bridgehead atoms. The number of nitrogens with zero attached hydrogens (tertiary/aromatic N) is 3. The van der Waals surface area contributed by atoms with Crippen LogP contribution in [-0.2, 0) is 4.79 Å². The SMILES string of the molecule is CC(C)(Nc1nc(Cl)ncc1[N+](=O)[O-])C(N)=O. The summed E-state index contributed by atoms with van der Waals surface area (Å²) in [5.41, 5.74) is 3.56. The van der Waals surface area contributed by atoms with E-state index in [-0.39, 0.29) is 16.8 Å². The zero-order valence-corrected chi connectivity index (χ0v) is 9.85. The topological polar surface area (TPSA) is 124 Å². The van der Waals surface area contributed by atoms with Gasteiger partial charge in [0.1, 0.15) is 11.7 Å². The van der Waals surface area contributed by atoms with E-state index in [4.69, 9.17) is 17.3 Å². The largest absolute Gasteiger partial charge is 0.368 e. The van der Waals surface area contributed by atoms with Gasteiger partial charge >= 0.3 is 5.69 Å². The van der Waals surface area contributed by atoms with Crippen molar-refractivity contribution >= 4 is 29.0 Å². The number of nitrogens with one attached hydrogen (secondary N) is 1. The fraction of sp³-hybridized carbons (Fsp3) is 0.375. The molecule has 8 nitrogen and oxygen atoms in total. The van der Waals surface area contributed by atoms with Gasteiger partial charge in [-0.3, -0.25) is 14.9 Å². The minimum atomic E-state index is -1.19. The second kappa shape index (κ2) is 4.50. The number of rotatable bonds is 4. The molecule has 92 valence electrons. The normalized spacial score (nSPS) is 11.0. The zero-order chi connectivity index (χ0) is 13.2. The predicted octanol–water partition coefficient (Wildman–Crippen LogP) is 0.714. The van der Waals surface area contributed by atoms with Crippen LogP contribution in [0.2, 0.25) is 5.28 Å². The van der Waals surface area contributed by atoms with Crippen molar-refractivity contribution in [3.8, 4) is 0 Å². The molecule has 0 unspecified atom stereocenters. The van der Waals surface area contributed by atoms with Crippen LogP contribution in [0.25, 0.3) is 0 Å². The van der Waals surface area contributed by atoms with Gasteiger partial charge in [0, 0.05) is 0 Å². The molecule has 1 heterocycles. The number of hydrogen-bond donors (Lipinski definition) is 2. The lowest BCUT2D eigenvalue weighted by molar-refractivity contribution is -0.384. The number of carbonyl (C=O) groups excluding carboxylic acids is 1. The van der Waals surface area contributed by atoms with Crippen LogP contribution < -0.4 is 11.1 Å². The maximum atomic E-state index is 11.1. The number of amides is 1. The highest BCUT2D eigenvalue weighted by Gasteiger charge is 2.29. The number of carbonyl (C=O) groups is 1. The number of nitro groups is 1. The van der Waals surface area contributed by atoms with Gasteiger partial charge in [0.15, 0.2) is 0 Å². The summed E-state index contributed by atoms with van der Waals surface area (Å²) in [7, 11) is 0. The van der Waals surface area contributed by atoms with Crippen molar-refractivity contribution in [1.82, 2.24) is 9.97 Å². The molecule has 17 heavy (non-hydrogen) atoms. The molecule has 0 aliphatic heterocycles. The molecule has 0 aliphatic rings. The van der Waals surface area contributed by atoms with Gasteiger partial charge in [0.25, 0.3) is 0 Å². The number of anilines is 1. The molecule has 1 aromatic rings. The molecule has 9 heteroatoms. The van der Waals surface area contributed by atoms with Crippen LogP contribution in [0.1, 0.15) is 13.8 Å². The molecule has 3 N–H and O–H groups in total. The molecule has 0 aromatic carbocycles. The quantitative estimate of drug-likeness (QED) is 0.466. The Morgan fingerprint density at radius 1 is 1.65 bits per heavy atom. The van der Waals surface area contributed by atoms with Crippen molar-refractivity contribution in [1.29, 1.82) is 0 Å². The molecule has 0 radical (unpaired) electrons. The van der Waals surface area contributed by atoms with Crippen LogP contribution in [0.4, 0.5) is 11.5 Å². The van der Waals surface area contributed by atoms with Crippen LogP contribution in [0, 0.1) is 10.1 Å². The first-order chi connectivity index (χ1) is 7.74. The van der Waals surface area contributed by atoms with Gasteiger partial charge in [-0.25, -0.2) is 4.98 Å². The van der Waals surface area contributed by atoms with Crippen molar-refractivity contribution in [2.45, 2.75) is 19.4 Å². The van der Waals surface area contributed by atoms with Gasteiger partial charge in [0.05, 0.1) is 4.92 Å². The average Bonchev–Trinajstić information content (AvgIpc) is 2.15. The van der Waals surface area contributed by atoms with E-state index in [0.717, 1.165) is 6.20 Å². The monoisotopic (exact) mass is 259 g/mol. The highest BCUT2D eigenvalue weighted by molar-refractivity contribution is 6.28. The van der Waals surface area contributed by atoms with Gasteiger partial charge in [-0.05, 0) is 25.4 Å². The highest BCUT2D eigenvalue weighted by Crippen LogP contribution is 2.24. The third-order valence-corrected chi connectivity index (χ3v) is 2.17. The summed E-state index contributed by atoms with van der Waals surface area (Å²) in [5.74, 6) is -0.833. The van der Waals surface area contributed by atoms with E-state index < -0.39 is 16.4 Å². The van der Waals surface area contributed by atoms with Crippen molar-refractivity contribution < 1.29 is 9.72 Å². The second-order valence-electron chi connectivity index (χ2n) is 3.74. The number of hydrogen-bond acceptors (Lipinski definition) is 6. The average molecular weight is 260 g/mol. The van der Waals surface area contributed by atoms with Gasteiger partial charge < -0.3 is 11.1 Å². The summed E-state index contributed by atoms with van der Waals surface area (Å²) in [5, 5.41) is 13.1. The number of aromatic nitrogens is 2. The standard InChI is InChI=1S/C8H10ClN5O3/c1-8(2,6(10)15)13-5-4(14(16)17)3-11-7(9)12-5/h3H,1-2H3,(H2,10,15)(H,11,12,13). The Labute approximate surface area is 101 Å². The first kappa shape index (κ1) is 13.1. The minimum absolute atomic E-state index is 0.154.